The van der Waals surface area contributed by atoms with Crippen molar-refractivity contribution >= 4 is 0 Å². The first-order chi connectivity index (χ1) is 17.0. The van der Waals surface area contributed by atoms with Crippen LogP contribution in [0.15, 0.2) is 30.3 Å². The number of halogens is 3. The van der Waals surface area contributed by atoms with Crippen LogP contribution in [0.5, 0.6) is 5.75 Å². The van der Waals surface area contributed by atoms with Gasteiger partial charge >= 0.3 is 0 Å². The number of ether oxygens (including phenoxy) is 2. The highest BCUT2D eigenvalue weighted by Crippen LogP contribution is 2.41. The highest BCUT2D eigenvalue weighted by molar-refractivity contribution is 5.32. The van der Waals surface area contributed by atoms with Gasteiger partial charge in [0.2, 0.25) is 0 Å². The zero-order valence-corrected chi connectivity index (χ0v) is 21.1. The van der Waals surface area contributed by atoms with Crippen LogP contribution >= 0.6 is 0 Å². The molecule has 0 radical (unpaired) electrons. The molecule has 0 heterocycles. The summed E-state index contributed by atoms with van der Waals surface area (Å²) in [6.45, 7) is 4.76. The van der Waals surface area contributed by atoms with E-state index in [2.05, 4.69) is 6.92 Å². The lowest BCUT2D eigenvalue weighted by molar-refractivity contribution is 0.0118. The van der Waals surface area contributed by atoms with Gasteiger partial charge in [-0.15, -0.1) is 0 Å². The molecule has 0 aromatic heterocycles. The van der Waals surface area contributed by atoms with Crippen LogP contribution in [0, 0.1) is 23.4 Å². The first-order valence-corrected chi connectivity index (χ1v) is 13.5. The molecule has 2 aromatic carbocycles. The fraction of sp³-hybridized carbons (Fsp3) is 0.600. The minimum atomic E-state index is -0.654. The van der Waals surface area contributed by atoms with Crippen molar-refractivity contribution in [2.24, 2.45) is 5.92 Å². The lowest BCUT2D eigenvalue weighted by Gasteiger charge is -2.31. The Bertz CT molecular complexity index is 960. The van der Waals surface area contributed by atoms with E-state index in [1.807, 2.05) is 19.1 Å². The minimum Gasteiger partial charge on any atom is -0.494 e. The summed E-state index contributed by atoms with van der Waals surface area (Å²) in [5.41, 5.74) is 1.57. The maximum atomic E-state index is 15.1. The van der Waals surface area contributed by atoms with Gasteiger partial charge in [-0.3, -0.25) is 0 Å². The Labute approximate surface area is 208 Å². The summed E-state index contributed by atoms with van der Waals surface area (Å²) in [5, 5.41) is 0. The number of hydrogen-bond donors (Lipinski definition) is 0. The van der Waals surface area contributed by atoms with E-state index in [1.54, 1.807) is 12.1 Å². The molecule has 0 bridgehead atoms. The molecule has 2 nitrogen and oxygen atoms in total. The smallest absolute Gasteiger partial charge is 0.162 e. The van der Waals surface area contributed by atoms with Gasteiger partial charge in [-0.2, -0.15) is 0 Å². The fourth-order valence-corrected chi connectivity index (χ4v) is 6.03. The molecular formula is C30H39F3O2. The largest absolute Gasteiger partial charge is 0.494 e. The summed E-state index contributed by atoms with van der Waals surface area (Å²) in [6.07, 6.45) is 9.59. The van der Waals surface area contributed by atoms with Crippen molar-refractivity contribution in [2.45, 2.75) is 103 Å². The van der Waals surface area contributed by atoms with E-state index in [4.69, 9.17) is 9.47 Å². The van der Waals surface area contributed by atoms with Gasteiger partial charge in [0.05, 0.1) is 19.3 Å². The molecule has 2 aliphatic rings. The normalized spacial score (nSPS) is 24.9. The summed E-state index contributed by atoms with van der Waals surface area (Å²) in [6, 6.07) is 8.50. The molecule has 0 aliphatic heterocycles. The topological polar surface area (TPSA) is 18.5 Å². The van der Waals surface area contributed by atoms with Crippen LogP contribution in [0.25, 0.3) is 0 Å². The third-order valence-electron chi connectivity index (χ3n) is 8.05. The van der Waals surface area contributed by atoms with Crippen molar-refractivity contribution < 1.29 is 22.6 Å². The lowest BCUT2D eigenvalue weighted by atomic mass is 9.76. The average Bonchev–Trinajstić information content (AvgIpc) is 2.87. The van der Waals surface area contributed by atoms with E-state index in [-0.39, 0.29) is 30.4 Å². The molecule has 2 saturated carbocycles. The Morgan fingerprint density at radius 2 is 1.37 bits per heavy atom. The Morgan fingerprint density at radius 3 is 1.91 bits per heavy atom. The summed E-state index contributed by atoms with van der Waals surface area (Å²) in [7, 11) is 0. The molecule has 2 aliphatic carbocycles. The molecule has 0 atom stereocenters. The Morgan fingerprint density at radius 1 is 0.771 bits per heavy atom. The molecule has 2 fully saturated rings. The van der Waals surface area contributed by atoms with E-state index in [0.29, 0.717) is 29.0 Å². The molecule has 192 valence electrons. The average molecular weight is 489 g/mol. The summed E-state index contributed by atoms with van der Waals surface area (Å²) >= 11 is 0. The third-order valence-corrected chi connectivity index (χ3v) is 8.05. The molecule has 0 amide bonds. The Balaban J connectivity index is 1.30. The third kappa shape index (κ3) is 6.41. The summed E-state index contributed by atoms with van der Waals surface area (Å²) < 4.78 is 55.8. The van der Waals surface area contributed by atoms with Gasteiger partial charge in [-0.1, -0.05) is 38.0 Å². The van der Waals surface area contributed by atoms with E-state index in [0.717, 1.165) is 57.3 Å². The number of benzene rings is 2. The molecule has 35 heavy (non-hydrogen) atoms. The van der Waals surface area contributed by atoms with Crippen LogP contribution in [0.3, 0.4) is 0 Å². The van der Waals surface area contributed by atoms with Gasteiger partial charge in [-0.25, -0.2) is 13.2 Å². The van der Waals surface area contributed by atoms with Crippen LogP contribution in [-0.2, 0) is 11.3 Å². The van der Waals surface area contributed by atoms with Crippen molar-refractivity contribution in [3.8, 4) is 5.75 Å². The van der Waals surface area contributed by atoms with Crippen molar-refractivity contribution in [1.82, 2.24) is 0 Å². The zero-order chi connectivity index (χ0) is 24.8. The highest BCUT2D eigenvalue weighted by atomic mass is 19.2. The Kier molecular flexibility index (Phi) is 9.16. The van der Waals surface area contributed by atoms with E-state index < -0.39 is 11.6 Å². The molecule has 4 rings (SSSR count). The van der Waals surface area contributed by atoms with Gasteiger partial charge in [0.1, 0.15) is 11.6 Å². The highest BCUT2D eigenvalue weighted by Gasteiger charge is 2.30. The van der Waals surface area contributed by atoms with Crippen LogP contribution in [0.2, 0.25) is 0 Å². The molecule has 0 unspecified atom stereocenters. The second-order valence-electron chi connectivity index (χ2n) is 10.3. The fourth-order valence-electron chi connectivity index (χ4n) is 6.03. The van der Waals surface area contributed by atoms with E-state index in [1.165, 1.54) is 18.9 Å². The van der Waals surface area contributed by atoms with Gasteiger partial charge in [0.15, 0.2) is 11.6 Å². The van der Waals surface area contributed by atoms with Crippen molar-refractivity contribution in [3.63, 3.8) is 0 Å². The van der Waals surface area contributed by atoms with E-state index in [9.17, 15) is 4.39 Å². The predicted octanol–water partition coefficient (Wildman–Crippen LogP) is 8.82. The Hall–Kier alpha value is -2.01. The standard InChI is InChI=1S/C30H39F3O2/c1-3-5-20-6-8-21(9-7-20)26-16-17-27(30(33)29(26)32)22-10-13-24(14-11-22)35-19-23-12-15-25(34-4-2)18-28(23)31/h12,15-18,20-22,24H,3-11,13-14,19H2,1-2H3. The molecule has 2 aromatic rings. The second kappa shape index (κ2) is 12.3. The first-order valence-electron chi connectivity index (χ1n) is 13.5. The first kappa shape index (κ1) is 26.1. The van der Waals surface area contributed by atoms with Crippen molar-refractivity contribution in [2.75, 3.05) is 6.61 Å². The molecule has 0 saturated heterocycles. The van der Waals surface area contributed by atoms with Gasteiger partial charge in [-0.05, 0) is 93.2 Å². The predicted molar refractivity (Wildman–Crippen MR) is 133 cm³/mol. The summed E-state index contributed by atoms with van der Waals surface area (Å²) in [4.78, 5) is 0. The number of hydrogen-bond acceptors (Lipinski definition) is 2. The van der Waals surface area contributed by atoms with Gasteiger partial charge in [0.25, 0.3) is 0 Å². The molecule has 5 heteroatoms. The monoisotopic (exact) mass is 488 g/mol. The summed E-state index contributed by atoms with van der Waals surface area (Å²) in [5.74, 6) is -0.226. The SMILES string of the molecule is CCCC1CCC(c2ccc(C3CCC(OCc4ccc(OCC)cc4F)CC3)c(F)c2F)CC1. The zero-order valence-electron chi connectivity index (χ0n) is 21.1. The van der Waals surface area contributed by atoms with Crippen LogP contribution in [0.4, 0.5) is 13.2 Å². The molecular weight excluding hydrogens is 449 g/mol. The van der Waals surface area contributed by atoms with Crippen molar-refractivity contribution in [1.29, 1.82) is 0 Å². The van der Waals surface area contributed by atoms with Crippen molar-refractivity contribution in [3.05, 3.63) is 64.5 Å². The maximum Gasteiger partial charge on any atom is 0.162 e. The lowest BCUT2D eigenvalue weighted by Crippen LogP contribution is -2.22. The van der Waals surface area contributed by atoms with Crippen LogP contribution in [-0.4, -0.2) is 12.7 Å². The van der Waals surface area contributed by atoms with E-state index >= 15 is 8.78 Å². The van der Waals surface area contributed by atoms with Gasteiger partial charge in [0, 0.05) is 11.6 Å². The van der Waals surface area contributed by atoms with Crippen LogP contribution < -0.4 is 4.74 Å². The quantitative estimate of drug-likeness (QED) is 0.351. The second-order valence-corrected chi connectivity index (χ2v) is 10.3. The van der Waals surface area contributed by atoms with Gasteiger partial charge < -0.3 is 9.47 Å². The minimum absolute atomic E-state index is 0.000836. The van der Waals surface area contributed by atoms with Crippen LogP contribution in [0.1, 0.15) is 107 Å². The number of rotatable bonds is 9. The molecule has 0 N–H and O–H groups in total. The molecule has 0 spiro atoms. The maximum absolute atomic E-state index is 15.1.